The van der Waals surface area contributed by atoms with Crippen LogP contribution in [-0.4, -0.2) is 32.0 Å². The summed E-state index contributed by atoms with van der Waals surface area (Å²) in [4.78, 5) is 22.2. The van der Waals surface area contributed by atoms with Gasteiger partial charge in [0.1, 0.15) is 12.2 Å². The summed E-state index contributed by atoms with van der Waals surface area (Å²) in [7, 11) is 0. The molecule has 0 unspecified atom stereocenters. The number of hydrogen-bond acceptors (Lipinski definition) is 5. The highest BCUT2D eigenvalue weighted by molar-refractivity contribution is 9.10. The van der Waals surface area contributed by atoms with Crippen LogP contribution in [0.4, 0.5) is 0 Å². The van der Waals surface area contributed by atoms with Crippen LogP contribution in [-0.2, 0) is 17.9 Å². The average Bonchev–Trinajstić information content (AvgIpc) is 2.94. The van der Waals surface area contributed by atoms with Crippen LogP contribution < -0.4 is 5.32 Å². The molecule has 0 atom stereocenters. The summed E-state index contributed by atoms with van der Waals surface area (Å²) >= 11 is 3.10. The number of carbonyl (C=O) groups excluding carboxylic acids is 1. The Morgan fingerprint density at radius 3 is 2.95 bits per heavy atom. The minimum absolute atomic E-state index is 0.149. The smallest absolute Gasteiger partial charge is 0.325 e. The number of carboxylic acid groups (broad SMARTS) is 1. The lowest BCUT2D eigenvalue weighted by atomic mass is 10.3. The number of rotatable bonds is 5. The minimum Gasteiger partial charge on any atom is -0.480 e. The van der Waals surface area contributed by atoms with Crippen molar-refractivity contribution >= 4 is 27.8 Å². The lowest BCUT2D eigenvalue weighted by molar-refractivity contribution is -0.137. The van der Waals surface area contributed by atoms with Crippen molar-refractivity contribution < 1.29 is 19.1 Å². The minimum atomic E-state index is -1.01. The van der Waals surface area contributed by atoms with Crippen molar-refractivity contribution in [2.24, 2.45) is 0 Å². The summed E-state index contributed by atoms with van der Waals surface area (Å²) < 4.78 is 6.47. The van der Waals surface area contributed by atoms with Gasteiger partial charge in [-0.15, -0.1) is 5.10 Å². The zero-order valence-electron chi connectivity index (χ0n) is 9.54. The summed E-state index contributed by atoms with van der Waals surface area (Å²) in [6.07, 6.45) is 2.85. The van der Waals surface area contributed by atoms with Crippen molar-refractivity contribution in [3.8, 4) is 0 Å². The maximum absolute atomic E-state index is 11.7. The van der Waals surface area contributed by atoms with E-state index in [-0.39, 0.29) is 19.0 Å². The topological polar surface area (TPSA) is 110 Å². The second-order valence-electron chi connectivity index (χ2n) is 3.59. The van der Waals surface area contributed by atoms with Crippen molar-refractivity contribution in [1.29, 1.82) is 0 Å². The molecule has 0 bridgehead atoms. The molecule has 100 valence electrons. The molecule has 2 heterocycles. The Morgan fingerprint density at radius 1 is 1.53 bits per heavy atom. The summed E-state index contributed by atoms with van der Waals surface area (Å²) in [6.45, 7) is -0.121. The van der Waals surface area contributed by atoms with E-state index in [2.05, 4.69) is 31.6 Å². The van der Waals surface area contributed by atoms with Crippen LogP contribution in [0.25, 0.3) is 0 Å². The quantitative estimate of drug-likeness (QED) is 0.833. The molecule has 0 aliphatic heterocycles. The lowest BCUT2D eigenvalue weighted by Crippen LogP contribution is -2.22. The fourth-order valence-corrected chi connectivity index (χ4v) is 1.78. The Morgan fingerprint density at radius 2 is 2.32 bits per heavy atom. The molecule has 8 nitrogen and oxygen atoms in total. The Hall–Kier alpha value is -2.16. The van der Waals surface area contributed by atoms with Gasteiger partial charge >= 0.3 is 5.97 Å². The van der Waals surface area contributed by atoms with Crippen LogP contribution in [0.3, 0.4) is 0 Å². The van der Waals surface area contributed by atoms with Crippen LogP contribution in [0.2, 0.25) is 0 Å². The van der Waals surface area contributed by atoms with Crippen LogP contribution in [0, 0.1) is 0 Å². The van der Waals surface area contributed by atoms with E-state index in [4.69, 9.17) is 9.52 Å². The SMILES string of the molecule is O=C(O)Cn1cc(CNC(=O)c2ccoc2Br)nn1. The first-order valence-corrected chi connectivity index (χ1v) is 5.97. The number of aliphatic carboxylic acids is 1. The molecule has 0 spiro atoms. The standard InChI is InChI=1S/C10H9BrN4O4/c11-9-7(1-2-19-9)10(18)12-3-6-4-15(14-13-6)5-8(16)17/h1-2,4H,3,5H2,(H,12,18)(H,16,17). The number of hydrogen-bond donors (Lipinski definition) is 2. The zero-order chi connectivity index (χ0) is 13.8. The molecule has 2 N–H and O–H groups in total. The molecule has 1 amide bonds. The van der Waals surface area contributed by atoms with Gasteiger partial charge in [-0.2, -0.15) is 0 Å². The predicted octanol–water partition coefficient (Wildman–Crippen LogP) is 0.648. The summed E-state index contributed by atoms with van der Waals surface area (Å²) in [5, 5.41) is 18.6. The monoisotopic (exact) mass is 328 g/mol. The number of carbonyl (C=O) groups is 2. The molecule has 0 radical (unpaired) electrons. The third kappa shape index (κ3) is 3.41. The molecule has 19 heavy (non-hydrogen) atoms. The third-order valence-corrected chi connectivity index (χ3v) is 2.79. The molecule has 0 aromatic carbocycles. The Balaban J connectivity index is 1.92. The highest BCUT2D eigenvalue weighted by Crippen LogP contribution is 2.17. The van der Waals surface area contributed by atoms with Gasteiger partial charge in [0.15, 0.2) is 4.67 Å². The first-order valence-electron chi connectivity index (χ1n) is 5.18. The second-order valence-corrected chi connectivity index (χ2v) is 4.31. The Bertz CT molecular complexity index is 606. The van der Waals surface area contributed by atoms with Crippen molar-refractivity contribution in [2.75, 3.05) is 0 Å². The van der Waals surface area contributed by atoms with Crippen molar-refractivity contribution in [3.63, 3.8) is 0 Å². The number of carboxylic acids is 1. The van der Waals surface area contributed by atoms with Gasteiger partial charge in [0.05, 0.1) is 24.6 Å². The summed E-state index contributed by atoms with van der Waals surface area (Å²) in [5.74, 6) is -1.34. The van der Waals surface area contributed by atoms with Crippen LogP contribution in [0.5, 0.6) is 0 Å². The number of halogens is 1. The maximum atomic E-state index is 11.7. The molecule has 0 saturated carbocycles. The van der Waals surface area contributed by atoms with Gasteiger partial charge < -0.3 is 14.8 Å². The Labute approximate surface area is 115 Å². The van der Waals surface area contributed by atoms with Crippen LogP contribution >= 0.6 is 15.9 Å². The number of nitrogens with one attached hydrogen (secondary N) is 1. The molecule has 2 rings (SSSR count). The van der Waals surface area contributed by atoms with Crippen molar-refractivity contribution in [1.82, 2.24) is 20.3 Å². The van der Waals surface area contributed by atoms with E-state index in [0.29, 0.717) is 15.9 Å². The molecular formula is C10H9BrN4O4. The number of aromatic nitrogens is 3. The third-order valence-electron chi connectivity index (χ3n) is 2.18. The van der Waals surface area contributed by atoms with E-state index in [0.717, 1.165) is 0 Å². The van der Waals surface area contributed by atoms with Gasteiger partial charge in [-0.1, -0.05) is 5.21 Å². The van der Waals surface area contributed by atoms with E-state index < -0.39 is 5.97 Å². The lowest BCUT2D eigenvalue weighted by Gasteiger charge is -2.00. The number of nitrogens with zero attached hydrogens (tertiary/aromatic N) is 3. The first kappa shape index (κ1) is 13.3. The van der Waals surface area contributed by atoms with Gasteiger partial charge in [0, 0.05) is 0 Å². The summed E-state index contributed by atoms with van der Waals surface area (Å²) in [6, 6.07) is 1.53. The fourth-order valence-electron chi connectivity index (χ4n) is 1.36. The van der Waals surface area contributed by atoms with Gasteiger partial charge in [-0.3, -0.25) is 9.59 Å². The highest BCUT2D eigenvalue weighted by Gasteiger charge is 2.13. The zero-order valence-corrected chi connectivity index (χ0v) is 11.1. The average molecular weight is 329 g/mol. The van der Waals surface area contributed by atoms with Crippen molar-refractivity contribution in [2.45, 2.75) is 13.1 Å². The second kappa shape index (κ2) is 5.65. The van der Waals surface area contributed by atoms with E-state index in [1.54, 1.807) is 0 Å². The molecule has 9 heteroatoms. The molecule has 0 aliphatic carbocycles. The largest absolute Gasteiger partial charge is 0.480 e. The predicted molar refractivity (Wildman–Crippen MR) is 65.2 cm³/mol. The molecular weight excluding hydrogens is 320 g/mol. The number of amides is 1. The molecule has 2 aromatic heterocycles. The maximum Gasteiger partial charge on any atom is 0.325 e. The first-order chi connectivity index (χ1) is 9.06. The molecule has 0 saturated heterocycles. The summed E-state index contributed by atoms with van der Waals surface area (Å²) in [5.41, 5.74) is 0.840. The number of furan rings is 1. The van der Waals surface area contributed by atoms with Crippen LogP contribution in [0.1, 0.15) is 16.1 Å². The normalized spacial score (nSPS) is 10.4. The van der Waals surface area contributed by atoms with Gasteiger partial charge in [-0.05, 0) is 22.0 Å². The van der Waals surface area contributed by atoms with E-state index in [1.807, 2.05) is 0 Å². The van der Waals surface area contributed by atoms with Crippen molar-refractivity contribution in [3.05, 3.63) is 34.5 Å². The van der Waals surface area contributed by atoms with E-state index in [1.165, 1.54) is 23.2 Å². The van der Waals surface area contributed by atoms with Gasteiger partial charge in [0.25, 0.3) is 5.91 Å². The van der Waals surface area contributed by atoms with E-state index >= 15 is 0 Å². The fraction of sp³-hybridized carbons (Fsp3) is 0.200. The highest BCUT2D eigenvalue weighted by atomic mass is 79.9. The van der Waals surface area contributed by atoms with Gasteiger partial charge in [0.2, 0.25) is 0 Å². The molecule has 2 aromatic rings. The molecule has 0 fully saturated rings. The van der Waals surface area contributed by atoms with Gasteiger partial charge in [-0.25, -0.2) is 4.68 Å². The molecule has 0 aliphatic rings. The Kier molecular flexibility index (Phi) is 3.95. The van der Waals surface area contributed by atoms with E-state index in [9.17, 15) is 9.59 Å². The van der Waals surface area contributed by atoms with Crippen LogP contribution in [0.15, 0.2) is 27.6 Å².